The van der Waals surface area contributed by atoms with Gasteiger partial charge in [-0.05, 0) is 18.6 Å². The van der Waals surface area contributed by atoms with Gasteiger partial charge in [-0.25, -0.2) is 0 Å². The molecule has 0 amide bonds. The zero-order chi connectivity index (χ0) is 12.8. The Bertz CT molecular complexity index is 485. The molecule has 0 aliphatic rings. The Morgan fingerprint density at radius 2 is 2.06 bits per heavy atom. The first kappa shape index (κ1) is 12.6. The summed E-state index contributed by atoms with van der Waals surface area (Å²) in [5.41, 5.74) is 1.85. The van der Waals surface area contributed by atoms with Crippen LogP contribution in [0.2, 0.25) is 0 Å². The molecule has 3 heteroatoms. The lowest BCUT2D eigenvalue weighted by molar-refractivity contribution is 0.166. The number of nitrogens with zero attached hydrogens (tertiary/aromatic N) is 1. The van der Waals surface area contributed by atoms with Crippen LogP contribution in [-0.4, -0.2) is 10.1 Å². The molecule has 0 saturated heterocycles. The predicted molar refractivity (Wildman–Crippen MR) is 70.3 cm³/mol. The molecule has 2 aromatic rings. The van der Waals surface area contributed by atoms with Crippen LogP contribution in [0.15, 0.2) is 48.8 Å². The Morgan fingerprint density at radius 3 is 2.78 bits per heavy atom. The van der Waals surface area contributed by atoms with E-state index in [2.05, 4.69) is 4.98 Å². The quantitative estimate of drug-likeness (QED) is 0.877. The van der Waals surface area contributed by atoms with Crippen LogP contribution in [0.5, 0.6) is 5.75 Å². The van der Waals surface area contributed by atoms with Crippen molar-refractivity contribution >= 4 is 0 Å². The van der Waals surface area contributed by atoms with Gasteiger partial charge < -0.3 is 9.84 Å². The first-order valence-electron chi connectivity index (χ1n) is 6.10. The van der Waals surface area contributed by atoms with Crippen LogP contribution in [-0.2, 0) is 6.61 Å². The maximum absolute atomic E-state index is 9.91. The first-order valence-corrected chi connectivity index (χ1v) is 6.10. The molecule has 1 aromatic heterocycles. The lowest BCUT2D eigenvalue weighted by Gasteiger charge is -2.14. The Balaban J connectivity index is 2.10. The van der Waals surface area contributed by atoms with Gasteiger partial charge in [-0.2, -0.15) is 0 Å². The summed E-state index contributed by atoms with van der Waals surface area (Å²) in [6.45, 7) is 2.41. The number of aliphatic hydroxyl groups is 1. The van der Waals surface area contributed by atoms with Gasteiger partial charge in [0.25, 0.3) is 0 Å². The van der Waals surface area contributed by atoms with Crippen LogP contribution in [0.4, 0.5) is 0 Å². The summed E-state index contributed by atoms with van der Waals surface area (Å²) < 4.78 is 5.75. The van der Waals surface area contributed by atoms with Crippen molar-refractivity contribution in [2.24, 2.45) is 0 Å². The number of aliphatic hydroxyl groups excluding tert-OH is 1. The van der Waals surface area contributed by atoms with Crippen LogP contribution in [0.3, 0.4) is 0 Å². The molecule has 0 saturated carbocycles. The fraction of sp³-hybridized carbons (Fsp3) is 0.267. The second-order valence-electron chi connectivity index (χ2n) is 4.11. The number of ether oxygens (including phenoxy) is 1. The summed E-state index contributed by atoms with van der Waals surface area (Å²) in [5, 5.41) is 9.91. The van der Waals surface area contributed by atoms with E-state index in [0.29, 0.717) is 13.0 Å². The first-order chi connectivity index (χ1) is 8.81. The van der Waals surface area contributed by atoms with E-state index in [1.54, 1.807) is 12.4 Å². The number of rotatable bonds is 5. The van der Waals surface area contributed by atoms with Crippen LogP contribution in [0, 0.1) is 0 Å². The second-order valence-corrected chi connectivity index (χ2v) is 4.11. The highest BCUT2D eigenvalue weighted by atomic mass is 16.5. The lowest BCUT2D eigenvalue weighted by Crippen LogP contribution is -2.02. The Hall–Kier alpha value is -1.87. The van der Waals surface area contributed by atoms with Gasteiger partial charge in [0.05, 0.1) is 6.10 Å². The summed E-state index contributed by atoms with van der Waals surface area (Å²) in [6, 6.07) is 11.4. The van der Waals surface area contributed by atoms with Crippen LogP contribution in [0.25, 0.3) is 0 Å². The molecule has 94 valence electrons. The molecule has 0 bridgehead atoms. The van der Waals surface area contributed by atoms with Crippen molar-refractivity contribution in [1.82, 2.24) is 4.98 Å². The molecule has 1 N–H and O–H groups in total. The van der Waals surface area contributed by atoms with Crippen LogP contribution in [0.1, 0.15) is 30.6 Å². The van der Waals surface area contributed by atoms with Gasteiger partial charge in [0, 0.05) is 23.5 Å². The minimum Gasteiger partial charge on any atom is -0.488 e. The van der Waals surface area contributed by atoms with E-state index in [1.807, 2.05) is 43.3 Å². The Labute approximate surface area is 107 Å². The molecule has 18 heavy (non-hydrogen) atoms. The van der Waals surface area contributed by atoms with Gasteiger partial charge in [-0.1, -0.05) is 31.2 Å². The van der Waals surface area contributed by atoms with Crippen molar-refractivity contribution in [2.45, 2.75) is 26.1 Å². The van der Waals surface area contributed by atoms with E-state index in [-0.39, 0.29) is 0 Å². The third-order valence-corrected chi connectivity index (χ3v) is 2.78. The number of hydrogen-bond donors (Lipinski definition) is 1. The predicted octanol–water partition coefficient (Wildman–Crippen LogP) is 3.10. The Morgan fingerprint density at radius 1 is 1.22 bits per heavy atom. The summed E-state index contributed by atoms with van der Waals surface area (Å²) >= 11 is 0. The zero-order valence-electron chi connectivity index (χ0n) is 10.4. The largest absolute Gasteiger partial charge is 0.488 e. The molecule has 1 atom stereocenters. The molecule has 3 nitrogen and oxygen atoms in total. The monoisotopic (exact) mass is 243 g/mol. The summed E-state index contributed by atoms with van der Waals surface area (Å²) in [4.78, 5) is 4.04. The van der Waals surface area contributed by atoms with E-state index < -0.39 is 6.10 Å². The third-order valence-electron chi connectivity index (χ3n) is 2.78. The highest BCUT2D eigenvalue weighted by Crippen LogP contribution is 2.27. The molecule has 0 fully saturated rings. The standard InChI is InChI=1S/C15H17NO2/c1-2-14(17)13-7-3-4-8-15(13)18-11-12-6-5-9-16-10-12/h3-10,14,17H,2,11H2,1H3. The minimum atomic E-state index is -0.477. The Kier molecular flexibility index (Phi) is 4.31. The van der Waals surface area contributed by atoms with Gasteiger partial charge in [-0.3, -0.25) is 4.98 Å². The number of pyridine rings is 1. The molecule has 1 heterocycles. The molecule has 0 aliphatic heterocycles. The number of aromatic nitrogens is 1. The van der Waals surface area contributed by atoms with Crippen molar-refractivity contribution in [3.05, 3.63) is 59.9 Å². The van der Waals surface area contributed by atoms with Crippen molar-refractivity contribution < 1.29 is 9.84 Å². The number of benzene rings is 1. The van der Waals surface area contributed by atoms with Crippen molar-refractivity contribution in [2.75, 3.05) is 0 Å². The van der Waals surface area contributed by atoms with E-state index in [0.717, 1.165) is 16.9 Å². The van der Waals surface area contributed by atoms with Gasteiger partial charge in [0.2, 0.25) is 0 Å². The number of hydrogen-bond acceptors (Lipinski definition) is 3. The molecule has 0 spiro atoms. The maximum atomic E-state index is 9.91. The highest BCUT2D eigenvalue weighted by Gasteiger charge is 2.10. The van der Waals surface area contributed by atoms with Gasteiger partial charge in [0.15, 0.2) is 0 Å². The lowest BCUT2D eigenvalue weighted by atomic mass is 10.1. The third kappa shape index (κ3) is 3.08. The number of para-hydroxylation sites is 1. The van der Waals surface area contributed by atoms with E-state index >= 15 is 0 Å². The molecular formula is C15H17NO2. The highest BCUT2D eigenvalue weighted by molar-refractivity contribution is 5.35. The van der Waals surface area contributed by atoms with Crippen molar-refractivity contribution in [1.29, 1.82) is 0 Å². The minimum absolute atomic E-state index is 0.460. The SMILES string of the molecule is CCC(O)c1ccccc1OCc1cccnc1. The topological polar surface area (TPSA) is 42.4 Å². The fourth-order valence-corrected chi connectivity index (χ4v) is 1.75. The van der Waals surface area contributed by atoms with Gasteiger partial charge in [-0.15, -0.1) is 0 Å². The average Bonchev–Trinajstić information content (AvgIpc) is 2.45. The van der Waals surface area contributed by atoms with Crippen LogP contribution < -0.4 is 4.74 Å². The maximum Gasteiger partial charge on any atom is 0.125 e. The summed E-state index contributed by atoms with van der Waals surface area (Å²) in [5.74, 6) is 0.732. The van der Waals surface area contributed by atoms with Crippen LogP contribution >= 0.6 is 0 Å². The van der Waals surface area contributed by atoms with E-state index in [4.69, 9.17) is 4.74 Å². The molecule has 2 rings (SSSR count). The zero-order valence-corrected chi connectivity index (χ0v) is 10.4. The molecule has 1 unspecified atom stereocenters. The van der Waals surface area contributed by atoms with Crippen molar-refractivity contribution in [3.8, 4) is 5.75 Å². The van der Waals surface area contributed by atoms with E-state index in [1.165, 1.54) is 0 Å². The fourth-order valence-electron chi connectivity index (χ4n) is 1.75. The van der Waals surface area contributed by atoms with E-state index in [9.17, 15) is 5.11 Å². The molecule has 0 radical (unpaired) electrons. The van der Waals surface area contributed by atoms with Gasteiger partial charge in [0.1, 0.15) is 12.4 Å². The smallest absolute Gasteiger partial charge is 0.125 e. The summed E-state index contributed by atoms with van der Waals surface area (Å²) in [7, 11) is 0. The average molecular weight is 243 g/mol. The second kappa shape index (κ2) is 6.17. The molecule has 1 aromatic carbocycles. The van der Waals surface area contributed by atoms with Gasteiger partial charge >= 0.3 is 0 Å². The summed E-state index contributed by atoms with van der Waals surface area (Å²) in [6.07, 6.45) is 3.71. The molecular weight excluding hydrogens is 226 g/mol. The van der Waals surface area contributed by atoms with Crippen molar-refractivity contribution in [3.63, 3.8) is 0 Å². The normalized spacial score (nSPS) is 12.1. The molecule has 0 aliphatic carbocycles.